The number of morpholine rings is 1. The summed E-state index contributed by atoms with van der Waals surface area (Å²) in [5, 5.41) is 3.54. The van der Waals surface area contributed by atoms with Gasteiger partial charge in [-0.3, -0.25) is 0 Å². The molecule has 1 atom stereocenters. The summed E-state index contributed by atoms with van der Waals surface area (Å²) in [6, 6.07) is 8.92. The van der Waals surface area contributed by atoms with Crippen molar-refractivity contribution in [2.45, 2.75) is 58.2 Å². The highest BCUT2D eigenvalue weighted by atomic mass is 16.5. The van der Waals surface area contributed by atoms with Gasteiger partial charge < -0.3 is 10.1 Å². The Balaban J connectivity index is 2.13. The molecular formula is C17H27NO. The second kappa shape index (κ2) is 6.06. The minimum Gasteiger partial charge on any atom is -0.364 e. The molecule has 19 heavy (non-hydrogen) atoms. The maximum absolute atomic E-state index is 6.40. The maximum Gasteiger partial charge on any atom is 0.0957 e. The number of nitrogens with one attached hydrogen (secondary N) is 1. The van der Waals surface area contributed by atoms with Gasteiger partial charge in [-0.15, -0.1) is 0 Å². The summed E-state index contributed by atoms with van der Waals surface area (Å²) in [5.74, 6) is 0.588. The zero-order valence-corrected chi connectivity index (χ0v) is 12.7. The number of benzene rings is 1. The Hall–Kier alpha value is -0.860. The molecule has 1 aromatic rings. The summed E-state index contributed by atoms with van der Waals surface area (Å²) in [5.41, 5.74) is 2.70. The molecule has 0 bridgehead atoms. The third-order valence-corrected chi connectivity index (χ3v) is 4.43. The van der Waals surface area contributed by atoms with Crippen LogP contribution >= 0.6 is 0 Å². The van der Waals surface area contributed by atoms with Crippen molar-refractivity contribution in [2.24, 2.45) is 0 Å². The first-order chi connectivity index (χ1) is 9.10. The number of hydrogen-bond acceptors (Lipinski definition) is 2. The Labute approximate surface area is 117 Å². The fourth-order valence-electron chi connectivity index (χ4n) is 2.76. The van der Waals surface area contributed by atoms with Crippen LogP contribution in [0.3, 0.4) is 0 Å². The van der Waals surface area contributed by atoms with Crippen LogP contribution in [0.1, 0.15) is 63.7 Å². The molecule has 0 amide bonds. The third kappa shape index (κ3) is 3.18. The van der Waals surface area contributed by atoms with Crippen LogP contribution in [0.15, 0.2) is 24.3 Å². The van der Waals surface area contributed by atoms with Gasteiger partial charge in [0.25, 0.3) is 0 Å². The standard InChI is InChI=1S/C17H27NO/c1-5-17(6-2)12-18-11-16(19-17)15-9-7-14(8-10-15)13(3)4/h7-10,13,16,18H,5-6,11-12H2,1-4H3. The summed E-state index contributed by atoms with van der Waals surface area (Å²) < 4.78 is 6.40. The first-order valence-electron chi connectivity index (χ1n) is 7.58. The molecule has 0 aromatic heterocycles. The van der Waals surface area contributed by atoms with Gasteiger partial charge in [-0.2, -0.15) is 0 Å². The highest BCUT2D eigenvalue weighted by molar-refractivity contribution is 5.26. The quantitative estimate of drug-likeness (QED) is 0.883. The molecule has 2 nitrogen and oxygen atoms in total. The second-order valence-electron chi connectivity index (χ2n) is 5.95. The third-order valence-electron chi connectivity index (χ3n) is 4.43. The lowest BCUT2D eigenvalue weighted by molar-refractivity contribution is -0.122. The smallest absolute Gasteiger partial charge is 0.0957 e. The van der Waals surface area contributed by atoms with E-state index < -0.39 is 0 Å². The van der Waals surface area contributed by atoms with Crippen LogP contribution in [0.5, 0.6) is 0 Å². The van der Waals surface area contributed by atoms with Gasteiger partial charge >= 0.3 is 0 Å². The van der Waals surface area contributed by atoms with E-state index in [0.717, 1.165) is 25.9 Å². The predicted octanol–water partition coefficient (Wildman–Crippen LogP) is 4.03. The van der Waals surface area contributed by atoms with Crippen LogP contribution in [-0.4, -0.2) is 18.7 Å². The van der Waals surface area contributed by atoms with E-state index in [1.807, 2.05) is 0 Å². The van der Waals surface area contributed by atoms with E-state index in [2.05, 4.69) is 57.3 Å². The Morgan fingerprint density at radius 1 is 1.21 bits per heavy atom. The van der Waals surface area contributed by atoms with Crippen molar-refractivity contribution >= 4 is 0 Å². The van der Waals surface area contributed by atoms with Gasteiger partial charge in [0.2, 0.25) is 0 Å². The van der Waals surface area contributed by atoms with E-state index in [1.54, 1.807) is 0 Å². The molecule has 1 fully saturated rings. The average molecular weight is 261 g/mol. The van der Waals surface area contributed by atoms with Crippen LogP contribution in [-0.2, 0) is 4.74 Å². The van der Waals surface area contributed by atoms with E-state index in [1.165, 1.54) is 11.1 Å². The van der Waals surface area contributed by atoms with Gasteiger partial charge in [0.1, 0.15) is 0 Å². The summed E-state index contributed by atoms with van der Waals surface area (Å²) in [7, 11) is 0. The molecule has 1 N–H and O–H groups in total. The molecule has 1 saturated heterocycles. The lowest BCUT2D eigenvalue weighted by Crippen LogP contribution is -2.50. The first kappa shape index (κ1) is 14.5. The molecule has 1 heterocycles. The Morgan fingerprint density at radius 3 is 2.37 bits per heavy atom. The molecule has 1 aromatic carbocycles. The molecule has 1 aliphatic heterocycles. The van der Waals surface area contributed by atoms with E-state index in [0.29, 0.717) is 5.92 Å². The molecule has 0 saturated carbocycles. The molecule has 1 unspecified atom stereocenters. The Bertz CT molecular complexity index is 392. The van der Waals surface area contributed by atoms with Crippen molar-refractivity contribution in [2.75, 3.05) is 13.1 Å². The van der Waals surface area contributed by atoms with Crippen molar-refractivity contribution in [1.82, 2.24) is 5.32 Å². The van der Waals surface area contributed by atoms with Crippen LogP contribution in [0.4, 0.5) is 0 Å². The minimum atomic E-state index is 0.0135. The van der Waals surface area contributed by atoms with Crippen LogP contribution in [0, 0.1) is 0 Å². The summed E-state index contributed by atoms with van der Waals surface area (Å²) in [6.45, 7) is 10.8. The van der Waals surface area contributed by atoms with E-state index in [-0.39, 0.29) is 11.7 Å². The number of hydrogen-bond donors (Lipinski definition) is 1. The molecule has 106 valence electrons. The van der Waals surface area contributed by atoms with Crippen molar-refractivity contribution in [3.8, 4) is 0 Å². The normalized spacial score (nSPS) is 22.7. The van der Waals surface area contributed by atoms with Gasteiger partial charge in [0.05, 0.1) is 11.7 Å². The fourth-order valence-corrected chi connectivity index (χ4v) is 2.76. The second-order valence-corrected chi connectivity index (χ2v) is 5.95. The number of rotatable bonds is 4. The van der Waals surface area contributed by atoms with Crippen molar-refractivity contribution in [3.63, 3.8) is 0 Å². The first-order valence-corrected chi connectivity index (χ1v) is 7.58. The summed E-state index contributed by atoms with van der Waals surface area (Å²) in [4.78, 5) is 0. The maximum atomic E-state index is 6.40. The van der Waals surface area contributed by atoms with Gasteiger partial charge in [-0.05, 0) is 29.9 Å². The predicted molar refractivity (Wildman–Crippen MR) is 80.5 cm³/mol. The highest BCUT2D eigenvalue weighted by Gasteiger charge is 2.34. The van der Waals surface area contributed by atoms with Gasteiger partial charge in [0.15, 0.2) is 0 Å². The van der Waals surface area contributed by atoms with Crippen LogP contribution < -0.4 is 5.32 Å². The highest BCUT2D eigenvalue weighted by Crippen LogP contribution is 2.32. The molecule has 0 radical (unpaired) electrons. The zero-order chi connectivity index (χ0) is 13.9. The molecule has 1 aliphatic rings. The minimum absolute atomic E-state index is 0.0135. The molecule has 2 heteroatoms. The van der Waals surface area contributed by atoms with E-state index in [4.69, 9.17) is 4.74 Å². The lowest BCUT2D eigenvalue weighted by Gasteiger charge is -2.41. The van der Waals surface area contributed by atoms with Gasteiger partial charge in [-0.25, -0.2) is 0 Å². The SMILES string of the molecule is CCC1(CC)CNCC(c2ccc(C(C)C)cc2)O1. The van der Waals surface area contributed by atoms with Crippen LogP contribution in [0.25, 0.3) is 0 Å². The summed E-state index contributed by atoms with van der Waals surface area (Å²) >= 11 is 0. The zero-order valence-electron chi connectivity index (χ0n) is 12.7. The Morgan fingerprint density at radius 2 is 1.84 bits per heavy atom. The largest absolute Gasteiger partial charge is 0.364 e. The van der Waals surface area contributed by atoms with Crippen molar-refractivity contribution < 1.29 is 4.74 Å². The lowest BCUT2D eigenvalue weighted by atomic mass is 9.93. The topological polar surface area (TPSA) is 21.3 Å². The van der Waals surface area contributed by atoms with Gasteiger partial charge in [-0.1, -0.05) is 52.0 Å². The van der Waals surface area contributed by atoms with Gasteiger partial charge in [0, 0.05) is 13.1 Å². The molecular weight excluding hydrogens is 234 g/mol. The van der Waals surface area contributed by atoms with E-state index in [9.17, 15) is 0 Å². The Kier molecular flexibility index (Phi) is 4.64. The van der Waals surface area contributed by atoms with Crippen LogP contribution in [0.2, 0.25) is 0 Å². The van der Waals surface area contributed by atoms with Crippen molar-refractivity contribution in [1.29, 1.82) is 0 Å². The van der Waals surface area contributed by atoms with Crippen molar-refractivity contribution in [3.05, 3.63) is 35.4 Å². The van der Waals surface area contributed by atoms with E-state index >= 15 is 0 Å². The monoisotopic (exact) mass is 261 g/mol. The molecule has 0 aliphatic carbocycles. The number of ether oxygens (including phenoxy) is 1. The molecule has 0 spiro atoms. The molecule has 2 rings (SSSR count). The average Bonchev–Trinajstić information content (AvgIpc) is 2.47. The fraction of sp³-hybridized carbons (Fsp3) is 0.647. The summed E-state index contributed by atoms with van der Waals surface area (Å²) in [6.07, 6.45) is 2.32.